The average molecular weight is 566 g/mol. The number of aryl methyl sites for hydroxylation is 1. The minimum atomic E-state index is -4.09. The largest absolute Gasteiger partial charge is 0.497 e. The van der Waals surface area contributed by atoms with Crippen LogP contribution >= 0.6 is 0 Å². The summed E-state index contributed by atoms with van der Waals surface area (Å²) in [5.41, 5.74) is 2.16. The third-order valence-electron chi connectivity index (χ3n) is 6.90. The molecule has 0 aromatic heterocycles. The van der Waals surface area contributed by atoms with Crippen molar-refractivity contribution in [1.82, 2.24) is 10.2 Å². The zero-order chi connectivity index (χ0) is 29.3. The van der Waals surface area contributed by atoms with Gasteiger partial charge >= 0.3 is 0 Å². The van der Waals surface area contributed by atoms with Crippen molar-refractivity contribution >= 4 is 27.5 Å². The minimum Gasteiger partial charge on any atom is -0.497 e. The SMILES string of the molecule is CCc1ccc(N(CC(=O)N(Cc2cccc(OC)c2)C(C)C(=O)NC(C)CC)S(=O)(=O)c2ccccc2)cc1. The maximum atomic E-state index is 14.0. The number of benzene rings is 3. The molecule has 0 radical (unpaired) electrons. The summed E-state index contributed by atoms with van der Waals surface area (Å²) in [7, 11) is -2.53. The standard InChI is InChI=1S/C31H39N3O5S/c1-6-23(3)32-31(36)24(4)33(21-26-12-11-13-28(20-26)39-5)30(35)22-34(27-18-16-25(7-2)17-19-27)40(37,38)29-14-9-8-10-15-29/h8-20,23-24H,6-7,21-22H2,1-5H3,(H,32,36). The normalized spacial score (nSPS) is 12.7. The highest BCUT2D eigenvalue weighted by Crippen LogP contribution is 2.25. The monoisotopic (exact) mass is 565 g/mol. The van der Waals surface area contributed by atoms with E-state index in [9.17, 15) is 18.0 Å². The number of ether oxygens (including phenoxy) is 1. The summed E-state index contributed by atoms with van der Waals surface area (Å²) >= 11 is 0. The van der Waals surface area contributed by atoms with Crippen molar-refractivity contribution in [3.8, 4) is 5.75 Å². The molecule has 0 aliphatic rings. The first-order valence-electron chi connectivity index (χ1n) is 13.5. The highest BCUT2D eigenvalue weighted by atomic mass is 32.2. The lowest BCUT2D eigenvalue weighted by Gasteiger charge is -2.32. The Morgan fingerprint density at radius 3 is 2.17 bits per heavy atom. The molecule has 0 fully saturated rings. The van der Waals surface area contributed by atoms with Crippen molar-refractivity contribution in [1.29, 1.82) is 0 Å². The number of rotatable bonds is 13. The summed E-state index contributed by atoms with van der Waals surface area (Å²) in [6.45, 7) is 7.14. The van der Waals surface area contributed by atoms with Crippen molar-refractivity contribution in [2.75, 3.05) is 18.0 Å². The number of hydrogen-bond donors (Lipinski definition) is 1. The first kappa shape index (κ1) is 30.7. The molecular weight excluding hydrogens is 526 g/mol. The van der Waals surface area contributed by atoms with Gasteiger partial charge < -0.3 is 15.0 Å². The molecule has 0 spiro atoms. The Balaban J connectivity index is 2.02. The van der Waals surface area contributed by atoms with Gasteiger partial charge in [-0.15, -0.1) is 0 Å². The molecule has 2 unspecified atom stereocenters. The Morgan fingerprint density at radius 1 is 0.900 bits per heavy atom. The number of carbonyl (C=O) groups is 2. The number of anilines is 1. The molecule has 40 heavy (non-hydrogen) atoms. The van der Waals surface area contributed by atoms with Gasteiger partial charge in [0, 0.05) is 12.6 Å². The van der Waals surface area contributed by atoms with Crippen molar-refractivity contribution in [3.05, 3.63) is 90.0 Å². The fourth-order valence-electron chi connectivity index (χ4n) is 4.16. The summed E-state index contributed by atoms with van der Waals surface area (Å²) in [6.07, 6.45) is 1.53. The second-order valence-corrected chi connectivity index (χ2v) is 11.6. The first-order valence-corrected chi connectivity index (χ1v) is 14.9. The van der Waals surface area contributed by atoms with Crippen LogP contribution in [0.1, 0.15) is 45.2 Å². The van der Waals surface area contributed by atoms with E-state index in [0.29, 0.717) is 11.4 Å². The van der Waals surface area contributed by atoms with Crippen LogP contribution in [0.3, 0.4) is 0 Å². The summed E-state index contributed by atoms with van der Waals surface area (Å²) in [4.78, 5) is 28.6. The molecule has 0 heterocycles. The van der Waals surface area contributed by atoms with Crippen LogP contribution in [0.15, 0.2) is 83.8 Å². The molecule has 9 heteroatoms. The molecule has 0 bridgehead atoms. The van der Waals surface area contributed by atoms with E-state index < -0.39 is 28.5 Å². The van der Waals surface area contributed by atoms with E-state index in [1.807, 2.05) is 45.0 Å². The van der Waals surface area contributed by atoms with Gasteiger partial charge in [0.25, 0.3) is 10.0 Å². The van der Waals surface area contributed by atoms with Gasteiger partial charge in [-0.3, -0.25) is 13.9 Å². The lowest BCUT2D eigenvalue weighted by molar-refractivity contribution is -0.139. The van der Waals surface area contributed by atoms with Gasteiger partial charge in [0.2, 0.25) is 11.8 Å². The maximum absolute atomic E-state index is 14.0. The van der Waals surface area contributed by atoms with Gasteiger partial charge in [0.15, 0.2) is 0 Å². The van der Waals surface area contributed by atoms with Crippen LogP contribution < -0.4 is 14.4 Å². The van der Waals surface area contributed by atoms with Gasteiger partial charge in [-0.25, -0.2) is 8.42 Å². The van der Waals surface area contributed by atoms with Crippen molar-refractivity contribution in [2.24, 2.45) is 0 Å². The van der Waals surface area contributed by atoms with Gasteiger partial charge in [-0.1, -0.05) is 56.3 Å². The van der Waals surface area contributed by atoms with E-state index >= 15 is 0 Å². The second-order valence-electron chi connectivity index (χ2n) is 9.71. The third kappa shape index (κ3) is 7.63. The maximum Gasteiger partial charge on any atom is 0.264 e. The fourth-order valence-corrected chi connectivity index (χ4v) is 5.60. The molecule has 3 rings (SSSR count). The highest BCUT2D eigenvalue weighted by molar-refractivity contribution is 7.92. The van der Waals surface area contributed by atoms with Crippen molar-refractivity contribution in [2.45, 2.75) is 64.1 Å². The highest BCUT2D eigenvalue weighted by Gasteiger charge is 2.32. The number of sulfonamides is 1. The Bertz CT molecular complexity index is 1380. The third-order valence-corrected chi connectivity index (χ3v) is 8.69. The second kappa shape index (κ2) is 14.0. The number of amides is 2. The van der Waals surface area contributed by atoms with E-state index in [1.54, 1.807) is 56.5 Å². The summed E-state index contributed by atoms with van der Waals surface area (Å²) < 4.78 is 34.1. The zero-order valence-corrected chi connectivity index (χ0v) is 24.6. The van der Waals surface area contributed by atoms with Crippen molar-refractivity contribution in [3.63, 3.8) is 0 Å². The summed E-state index contributed by atoms with van der Waals surface area (Å²) in [5, 5.41) is 2.94. The molecule has 2 amide bonds. The van der Waals surface area contributed by atoms with Crippen LogP contribution in [0.25, 0.3) is 0 Å². The predicted molar refractivity (Wildman–Crippen MR) is 158 cm³/mol. The van der Waals surface area contributed by atoms with Crippen molar-refractivity contribution < 1.29 is 22.7 Å². The lowest BCUT2D eigenvalue weighted by atomic mass is 10.1. The first-order chi connectivity index (χ1) is 19.1. The topological polar surface area (TPSA) is 96.0 Å². The van der Waals surface area contributed by atoms with Crippen LogP contribution in [0.5, 0.6) is 5.75 Å². The summed E-state index contributed by atoms with van der Waals surface area (Å²) in [6, 6.07) is 21.4. The Hall–Kier alpha value is -3.85. The van der Waals surface area contributed by atoms with E-state index in [-0.39, 0.29) is 23.4 Å². The Labute approximate surface area is 238 Å². The molecule has 8 nitrogen and oxygen atoms in total. The lowest BCUT2D eigenvalue weighted by Crippen LogP contribution is -2.52. The minimum absolute atomic E-state index is 0.0734. The van der Waals surface area contributed by atoms with Crippen LogP contribution in [-0.2, 0) is 32.6 Å². The fraction of sp³-hybridized carbons (Fsp3) is 0.355. The van der Waals surface area contributed by atoms with E-state index in [1.165, 1.54) is 17.0 Å². The van der Waals surface area contributed by atoms with E-state index in [4.69, 9.17) is 4.74 Å². The number of hydrogen-bond acceptors (Lipinski definition) is 5. The average Bonchev–Trinajstić information content (AvgIpc) is 2.98. The van der Waals surface area contributed by atoms with Gasteiger partial charge in [-0.05, 0) is 74.2 Å². The van der Waals surface area contributed by atoms with Gasteiger partial charge in [0.1, 0.15) is 18.3 Å². The number of carbonyl (C=O) groups excluding carboxylic acids is 2. The summed E-state index contributed by atoms with van der Waals surface area (Å²) in [5.74, 6) is -0.199. The molecule has 2 atom stereocenters. The molecule has 0 aliphatic heterocycles. The Kier molecular flexibility index (Phi) is 10.7. The smallest absolute Gasteiger partial charge is 0.264 e. The van der Waals surface area contributed by atoms with Crippen LogP contribution in [0.4, 0.5) is 5.69 Å². The molecule has 0 saturated heterocycles. The van der Waals surface area contributed by atoms with Crippen LogP contribution in [0, 0.1) is 0 Å². The quantitative estimate of drug-likeness (QED) is 0.322. The molecule has 0 aliphatic carbocycles. The molecule has 214 valence electrons. The Morgan fingerprint density at radius 2 is 1.57 bits per heavy atom. The van der Waals surface area contributed by atoms with Crippen LogP contribution in [0.2, 0.25) is 0 Å². The number of methoxy groups -OCH3 is 1. The molecule has 0 saturated carbocycles. The van der Waals surface area contributed by atoms with Gasteiger partial charge in [0.05, 0.1) is 17.7 Å². The molecule has 1 N–H and O–H groups in total. The van der Waals surface area contributed by atoms with Gasteiger partial charge in [-0.2, -0.15) is 0 Å². The van der Waals surface area contributed by atoms with E-state index in [2.05, 4.69) is 5.32 Å². The predicted octanol–water partition coefficient (Wildman–Crippen LogP) is 4.78. The number of nitrogens with zero attached hydrogens (tertiary/aromatic N) is 2. The molecular formula is C31H39N3O5S. The molecule has 3 aromatic rings. The van der Waals surface area contributed by atoms with Crippen LogP contribution in [-0.4, -0.2) is 50.9 Å². The van der Waals surface area contributed by atoms with E-state index in [0.717, 1.165) is 28.3 Å². The number of nitrogens with one attached hydrogen (secondary N) is 1. The zero-order valence-electron chi connectivity index (χ0n) is 23.8. The molecule has 3 aromatic carbocycles.